The van der Waals surface area contributed by atoms with Gasteiger partial charge in [-0.25, -0.2) is 0 Å². The highest BCUT2D eigenvalue weighted by molar-refractivity contribution is 6.72. The Morgan fingerprint density at radius 2 is 2.00 bits per heavy atom. The van der Waals surface area contributed by atoms with E-state index < -0.39 is 8.32 Å². The van der Waals surface area contributed by atoms with Gasteiger partial charge in [-0.2, -0.15) is 0 Å². The van der Waals surface area contributed by atoms with Crippen molar-refractivity contribution in [2.45, 2.75) is 38.5 Å². The molecule has 0 bridgehead atoms. The van der Waals surface area contributed by atoms with E-state index in [9.17, 15) is 0 Å². The van der Waals surface area contributed by atoms with Crippen LogP contribution in [-0.4, -0.2) is 21.1 Å². The van der Waals surface area contributed by atoms with Gasteiger partial charge in [0, 0.05) is 12.8 Å². The molecule has 2 nitrogen and oxygen atoms in total. The molecule has 0 aromatic carbocycles. The molecule has 0 aromatic rings. The van der Waals surface area contributed by atoms with Crippen LogP contribution in [0, 0.1) is 0 Å². The fourth-order valence-electron chi connectivity index (χ4n) is 0.810. The SMILES string of the molecule is CCCC(N)[Si](C)(C)OC. The predicted molar refractivity (Wildman–Crippen MR) is 47.4 cm³/mol. The Bertz CT molecular complexity index is 95.6. The lowest BCUT2D eigenvalue weighted by atomic mass is 10.3. The van der Waals surface area contributed by atoms with Gasteiger partial charge in [0.05, 0.1) is 0 Å². The third-order valence-corrected chi connectivity index (χ3v) is 5.15. The summed E-state index contributed by atoms with van der Waals surface area (Å²) in [6.45, 7) is 6.47. The van der Waals surface area contributed by atoms with E-state index in [0.717, 1.165) is 12.8 Å². The van der Waals surface area contributed by atoms with E-state index in [1.54, 1.807) is 7.11 Å². The molecule has 3 heteroatoms. The van der Waals surface area contributed by atoms with Crippen molar-refractivity contribution in [2.24, 2.45) is 5.73 Å². The molecule has 0 radical (unpaired) electrons. The van der Waals surface area contributed by atoms with Gasteiger partial charge in [-0.15, -0.1) is 0 Å². The zero-order valence-electron chi connectivity index (χ0n) is 7.48. The molecule has 0 aliphatic heterocycles. The lowest BCUT2D eigenvalue weighted by molar-refractivity contribution is 0.387. The van der Waals surface area contributed by atoms with Crippen LogP contribution in [0.4, 0.5) is 0 Å². The molecule has 10 heavy (non-hydrogen) atoms. The lowest BCUT2D eigenvalue weighted by Crippen LogP contribution is -2.49. The highest BCUT2D eigenvalue weighted by atomic mass is 28.4. The fourth-order valence-corrected chi connectivity index (χ4v) is 2.10. The molecule has 1 unspecified atom stereocenters. The van der Waals surface area contributed by atoms with Crippen LogP contribution >= 0.6 is 0 Å². The van der Waals surface area contributed by atoms with E-state index in [2.05, 4.69) is 20.0 Å². The monoisotopic (exact) mass is 161 g/mol. The third kappa shape index (κ3) is 2.81. The number of hydrogen-bond acceptors (Lipinski definition) is 2. The Kier molecular flexibility index (Phi) is 4.16. The zero-order chi connectivity index (χ0) is 8.20. The maximum absolute atomic E-state index is 5.91. The quantitative estimate of drug-likeness (QED) is 0.634. The molecule has 0 aromatic heterocycles. The van der Waals surface area contributed by atoms with Crippen LogP contribution in [0.5, 0.6) is 0 Å². The summed E-state index contributed by atoms with van der Waals surface area (Å²) in [7, 11) is 0.242. The summed E-state index contributed by atoms with van der Waals surface area (Å²) in [6, 6.07) is 0. The Morgan fingerprint density at radius 1 is 1.50 bits per heavy atom. The van der Waals surface area contributed by atoms with E-state index >= 15 is 0 Å². The summed E-state index contributed by atoms with van der Waals surface area (Å²) in [6.07, 6.45) is 2.24. The van der Waals surface area contributed by atoms with Crippen LogP contribution in [-0.2, 0) is 4.43 Å². The molecule has 0 aliphatic rings. The second-order valence-corrected chi connectivity index (χ2v) is 7.56. The van der Waals surface area contributed by atoms with Gasteiger partial charge in [0.25, 0.3) is 0 Å². The van der Waals surface area contributed by atoms with Crippen molar-refractivity contribution in [1.82, 2.24) is 0 Å². The first-order chi connectivity index (χ1) is 4.54. The molecular formula is C7H19NOSi. The summed E-state index contributed by atoms with van der Waals surface area (Å²) < 4.78 is 5.37. The average Bonchev–Trinajstić information content (AvgIpc) is 1.89. The second-order valence-electron chi connectivity index (χ2n) is 3.20. The molecule has 2 N–H and O–H groups in total. The van der Waals surface area contributed by atoms with E-state index in [1.807, 2.05) is 0 Å². The van der Waals surface area contributed by atoms with Crippen LogP contribution in [0.1, 0.15) is 19.8 Å². The molecule has 0 amide bonds. The molecule has 1 atom stereocenters. The molecule has 0 saturated carbocycles. The van der Waals surface area contributed by atoms with Crippen molar-refractivity contribution < 1.29 is 4.43 Å². The maximum atomic E-state index is 5.91. The zero-order valence-corrected chi connectivity index (χ0v) is 8.48. The van der Waals surface area contributed by atoms with Gasteiger partial charge in [-0.1, -0.05) is 13.3 Å². The maximum Gasteiger partial charge on any atom is 0.202 e. The largest absolute Gasteiger partial charge is 0.419 e. The molecular weight excluding hydrogens is 142 g/mol. The Hall–Kier alpha value is 0.137. The summed E-state index contributed by atoms with van der Waals surface area (Å²) in [4.78, 5) is 0. The van der Waals surface area contributed by atoms with Gasteiger partial charge in [0.1, 0.15) is 0 Å². The van der Waals surface area contributed by atoms with Gasteiger partial charge < -0.3 is 10.2 Å². The van der Waals surface area contributed by atoms with Gasteiger partial charge in [-0.05, 0) is 19.5 Å². The summed E-state index contributed by atoms with van der Waals surface area (Å²) >= 11 is 0. The van der Waals surface area contributed by atoms with Crippen molar-refractivity contribution in [3.8, 4) is 0 Å². The topological polar surface area (TPSA) is 35.2 Å². The first kappa shape index (κ1) is 10.1. The van der Waals surface area contributed by atoms with Crippen LogP contribution in [0.25, 0.3) is 0 Å². The number of hydrogen-bond donors (Lipinski definition) is 1. The second kappa shape index (κ2) is 4.11. The van der Waals surface area contributed by atoms with Gasteiger partial charge in [-0.3, -0.25) is 0 Å². The highest BCUT2D eigenvalue weighted by Gasteiger charge is 2.28. The normalized spacial score (nSPS) is 15.3. The fraction of sp³-hybridized carbons (Fsp3) is 1.00. The molecule has 0 aliphatic carbocycles. The van der Waals surface area contributed by atoms with Crippen molar-refractivity contribution in [3.05, 3.63) is 0 Å². The van der Waals surface area contributed by atoms with Crippen molar-refractivity contribution >= 4 is 8.32 Å². The first-order valence-corrected chi connectivity index (χ1v) is 6.84. The molecule has 62 valence electrons. The summed E-state index contributed by atoms with van der Waals surface area (Å²) in [5, 5.41) is 0. The van der Waals surface area contributed by atoms with Crippen LogP contribution in [0.2, 0.25) is 13.1 Å². The highest BCUT2D eigenvalue weighted by Crippen LogP contribution is 2.10. The molecule has 0 rings (SSSR count). The average molecular weight is 161 g/mol. The Morgan fingerprint density at radius 3 is 2.30 bits per heavy atom. The summed E-state index contributed by atoms with van der Waals surface area (Å²) in [5.74, 6) is 0. The van der Waals surface area contributed by atoms with Crippen LogP contribution in [0.3, 0.4) is 0 Å². The Balaban J connectivity index is 3.78. The number of nitrogens with two attached hydrogens (primary N) is 1. The van der Waals surface area contributed by atoms with E-state index in [1.165, 1.54) is 0 Å². The third-order valence-electron chi connectivity index (χ3n) is 2.02. The minimum atomic E-state index is -1.52. The van der Waals surface area contributed by atoms with Gasteiger partial charge in [0.15, 0.2) is 0 Å². The smallest absolute Gasteiger partial charge is 0.202 e. The summed E-state index contributed by atoms with van der Waals surface area (Å²) in [5.41, 5.74) is 6.20. The van der Waals surface area contributed by atoms with E-state index in [4.69, 9.17) is 10.2 Å². The standard InChI is InChI=1S/C7H19NOSi/c1-5-6-7(8)10(3,4)9-2/h7H,5-6,8H2,1-4H3. The number of rotatable bonds is 4. The molecule has 0 heterocycles. The molecule has 0 fully saturated rings. The van der Waals surface area contributed by atoms with Crippen LogP contribution in [0.15, 0.2) is 0 Å². The van der Waals surface area contributed by atoms with E-state index in [0.29, 0.717) is 5.67 Å². The van der Waals surface area contributed by atoms with Crippen LogP contribution < -0.4 is 5.73 Å². The van der Waals surface area contributed by atoms with E-state index in [-0.39, 0.29) is 0 Å². The minimum Gasteiger partial charge on any atom is -0.419 e. The minimum absolute atomic E-state index is 0.294. The van der Waals surface area contributed by atoms with Crippen molar-refractivity contribution in [3.63, 3.8) is 0 Å². The molecule has 0 saturated heterocycles. The van der Waals surface area contributed by atoms with Gasteiger partial charge >= 0.3 is 0 Å². The Labute approximate surface area is 64.9 Å². The van der Waals surface area contributed by atoms with Crippen molar-refractivity contribution in [2.75, 3.05) is 7.11 Å². The van der Waals surface area contributed by atoms with Gasteiger partial charge in [0.2, 0.25) is 8.32 Å². The predicted octanol–water partition coefficient (Wildman–Crippen LogP) is 1.50. The molecule has 0 spiro atoms. The lowest BCUT2D eigenvalue weighted by Gasteiger charge is -2.26. The van der Waals surface area contributed by atoms with Crippen molar-refractivity contribution in [1.29, 1.82) is 0 Å². The first-order valence-electron chi connectivity index (χ1n) is 3.85.